The number of thiazole rings is 1. The van der Waals surface area contributed by atoms with Crippen LogP contribution < -0.4 is 5.32 Å². The number of hydrogen-bond acceptors (Lipinski definition) is 3. The third-order valence-electron chi connectivity index (χ3n) is 4.44. The van der Waals surface area contributed by atoms with Crippen LogP contribution >= 0.6 is 22.9 Å². The largest absolute Gasteiger partial charge is 0.298 e. The van der Waals surface area contributed by atoms with Crippen LogP contribution in [0.3, 0.4) is 0 Å². The van der Waals surface area contributed by atoms with Crippen LogP contribution in [0.4, 0.5) is 5.13 Å². The van der Waals surface area contributed by atoms with E-state index in [4.69, 9.17) is 11.6 Å². The van der Waals surface area contributed by atoms with Gasteiger partial charge in [-0.25, -0.2) is 4.98 Å². The van der Waals surface area contributed by atoms with Crippen LogP contribution in [0.2, 0.25) is 5.02 Å². The van der Waals surface area contributed by atoms with Gasteiger partial charge in [0.25, 0.3) is 0 Å². The molecule has 1 aromatic heterocycles. The molecular formula is C22H21ClN2OS. The first kappa shape index (κ1) is 19.3. The maximum Gasteiger partial charge on any atom is 0.250 e. The van der Waals surface area contributed by atoms with Gasteiger partial charge in [-0.15, -0.1) is 11.3 Å². The minimum Gasteiger partial charge on any atom is -0.298 e. The van der Waals surface area contributed by atoms with E-state index in [-0.39, 0.29) is 5.91 Å². The van der Waals surface area contributed by atoms with Crippen molar-refractivity contribution in [3.05, 3.63) is 76.1 Å². The molecule has 1 N–H and O–H groups in total. The van der Waals surface area contributed by atoms with Crippen LogP contribution in [-0.4, -0.2) is 10.9 Å². The van der Waals surface area contributed by atoms with Crippen molar-refractivity contribution in [1.82, 2.24) is 4.98 Å². The van der Waals surface area contributed by atoms with Gasteiger partial charge < -0.3 is 0 Å². The molecule has 0 fully saturated rings. The van der Waals surface area contributed by atoms with Crippen LogP contribution in [0.5, 0.6) is 0 Å². The molecule has 5 heteroatoms. The van der Waals surface area contributed by atoms with Gasteiger partial charge in [0.1, 0.15) is 0 Å². The molecule has 0 saturated carbocycles. The zero-order chi connectivity index (χ0) is 19.2. The molecule has 0 saturated heterocycles. The third kappa shape index (κ3) is 5.06. The van der Waals surface area contributed by atoms with E-state index in [2.05, 4.69) is 48.4 Å². The molecule has 1 atom stereocenters. The summed E-state index contributed by atoms with van der Waals surface area (Å²) in [5.41, 5.74) is 4.04. The first-order chi connectivity index (χ1) is 13.1. The molecule has 1 amide bonds. The lowest BCUT2D eigenvalue weighted by atomic mass is 9.97. The Morgan fingerprint density at radius 2 is 1.96 bits per heavy atom. The van der Waals surface area contributed by atoms with Gasteiger partial charge in [0.05, 0.1) is 5.69 Å². The molecule has 0 spiro atoms. The monoisotopic (exact) mass is 396 g/mol. The van der Waals surface area contributed by atoms with E-state index in [0.29, 0.717) is 16.1 Å². The summed E-state index contributed by atoms with van der Waals surface area (Å²) in [6.45, 7) is 4.41. The van der Waals surface area contributed by atoms with Crippen molar-refractivity contribution in [3.8, 4) is 11.3 Å². The van der Waals surface area contributed by atoms with E-state index in [1.807, 2.05) is 23.6 Å². The fraction of sp³-hybridized carbons (Fsp3) is 0.182. The Morgan fingerprint density at radius 3 is 2.67 bits per heavy atom. The number of anilines is 1. The molecular weight excluding hydrogens is 376 g/mol. The van der Waals surface area contributed by atoms with Crippen LogP contribution in [0.25, 0.3) is 17.3 Å². The minimum atomic E-state index is -0.233. The molecule has 138 valence electrons. The fourth-order valence-corrected chi connectivity index (χ4v) is 3.53. The minimum absolute atomic E-state index is 0.233. The van der Waals surface area contributed by atoms with Gasteiger partial charge in [0, 0.05) is 22.0 Å². The number of rotatable bonds is 6. The number of aromatic nitrogens is 1. The molecule has 3 rings (SSSR count). The number of carbonyl (C=O) groups is 1. The Morgan fingerprint density at radius 1 is 1.22 bits per heavy atom. The van der Waals surface area contributed by atoms with Crippen LogP contribution in [0.1, 0.15) is 37.3 Å². The molecule has 0 bridgehead atoms. The van der Waals surface area contributed by atoms with E-state index >= 15 is 0 Å². The summed E-state index contributed by atoms with van der Waals surface area (Å²) in [5.74, 6) is 0.317. The van der Waals surface area contributed by atoms with Crippen molar-refractivity contribution >= 4 is 40.1 Å². The Kier molecular flexibility index (Phi) is 6.43. The molecule has 27 heavy (non-hydrogen) atoms. The second-order valence-corrected chi connectivity index (χ2v) is 7.58. The van der Waals surface area contributed by atoms with E-state index in [0.717, 1.165) is 23.2 Å². The summed E-state index contributed by atoms with van der Waals surface area (Å²) in [7, 11) is 0. The number of amides is 1. The van der Waals surface area contributed by atoms with Gasteiger partial charge >= 0.3 is 0 Å². The van der Waals surface area contributed by atoms with Crippen molar-refractivity contribution in [2.24, 2.45) is 0 Å². The highest BCUT2D eigenvalue weighted by Gasteiger charge is 2.08. The van der Waals surface area contributed by atoms with Gasteiger partial charge in [-0.1, -0.05) is 67.9 Å². The second-order valence-electron chi connectivity index (χ2n) is 6.31. The lowest BCUT2D eigenvalue weighted by Gasteiger charge is -2.08. The summed E-state index contributed by atoms with van der Waals surface area (Å²) in [6.07, 6.45) is 4.27. The van der Waals surface area contributed by atoms with Crippen molar-refractivity contribution in [2.75, 3.05) is 5.32 Å². The molecule has 1 unspecified atom stereocenters. The summed E-state index contributed by atoms with van der Waals surface area (Å²) in [6, 6.07) is 15.8. The molecule has 3 aromatic rings. The van der Waals surface area contributed by atoms with Crippen molar-refractivity contribution in [1.29, 1.82) is 0 Å². The lowest BCUT2D eigenvalue weighted by Crippen LogP contribution is -2.07. The number of benzene rings is 2. The SMILES string of the molecule is CCC(C)c1ccc(-c2csc(NC(=O)C=Cc3ccccc3Cl)n2)cc1. The maximum atomic E-state index is 12.1. The predicted octanol–water partition coefficient (Wildman–Crippen LogP) is 6.63. The Bertz CT molecular complexity index is 947. The maximum absolute atomic E-state index is 12.1. The molecule has 0 aliphatic heterocycles. The van der Waals surface area contributed by atoms with E-state index in [1.165, 1.54) is 23.0 Å². The topological polar surface area (TPSA) is 42.0 Å². The summed E-state index contributed by atoms with van der Waals surface area (Å²) < 4.78 is 0. The first-order valence-corrected chi connectivity index (χ1v) is 10.1. The molecule has 2 aromatic carbocycles. The Labute approximate surface area is 168 Å². The smallest absolute Gasteiger partial charge is 0.250 e. The van der Waals surface area contributed by atoms with Crippen LogP contribution in [0.15, 0.2) is 60.0 Å². The van der Waals surface area contributed by atoms with Gasteiger partial charge in [-0.3, -0.25) is 10.1 Å². The average Bonchev–Trinajstić information content (AvgIpc) is 3.15. The first-order valence-electron chi connectivity index (χ1n) is 8.86. The van der Waals surface area contributed by atoms with Crippen LogP contribution in [-0.2, 0) is 4.79 Å². The number of nitrogens with one attached hydrogen (secondary N) is 1. The van der Waals surface area contributed by atoms with E-state index in [9.17, 15) is 4.79 Å². The second kappa shape index (κ2) is 8.98. The number of halogens is 1. The quantitative estimate of drug-likeness (QED) is 0.475. The highest BCUT2D eigenvalue weighted by atomic mass is 35.5. The summed E-state index contributed by atoms with van der Waals surface area (Å²) >= 11 is 7.50. The van der Waals surface area contributed by atoms with Gasteiger partial charge in [-0.05, 0) is 35.6 Å². The molecule has 0 aliphatic carbocycles. The lowest BCUT2D eigenvalue weighted by molar-refractivity contribution is -0.111. The third-order valence-corrected chi connectivity index (χ3v) is 5.54. The molecule has 1 heterocycles. The average molecular weight is 397 g/mol. The number of nitrogens with zero attached hydrogens (tertiary/aromatic N) is 1. The van der Waals surface area contributed by atoms with Gasteiger partial charge in [-0.2, -0.15) is 0 Å². The highest BCUT2D eigenvalue weighted by Crippen LogP contribution is 2.27. The van der Waals surface area contributed by atoms with Gasteiger partial charge in [0.2, 0.25) is 5.91 Å². The number of carbonyl (C=O) groups excluding carboxylic acids is 1. The van der Waals surface area contributed by atoms with Crippen molar-refractivity contribution in [2.45, 2.75) is 26.2 Å². The van der Waals surface area contributed by atoms with Crippen molar-refractivity contribution in [3.63, 3.8) is 0 Å². The molecule has 0 radical (unpaired) electrons. The Balaban J connectivity index is 1.65. The fourth-order valence-electron chi connectivity index (χ4n) is 2.60. The van der Waals surface area contributed by atoms with Crippen LogP contribution in [0, 0.1) is 0 Å². The summed E-state index contributed by atoms with van der Waals surface area (Å²) in [5, 5.41) is 5.93. The summed E-state index contributed by atoms with van der Waals surface area (Å²) in [4.78, 5) is 16.6. The molecule has 3 nitrogen and oxygen atoms in total. The predicted molar refractivity (Wildman–Crippen MR) is 115 cm³/mol. The Hall–Kier alpha value is -2.43. The number of hydrogen-bond donors (Lipinski definition) is 1. The van der Waals surface area contributed by atoms with Crippen molar-refractivity contribution < 1.29 is 4.79 Å². The van der Waals surface area contributed by atoms with Gasteiger partial charge in [0.15, 0.2) is 5.13 Å². The zero-order valence-corrected chi connectivity index (χ0v) is 16.8. The van der Waals surface area contributed by atoms with E-state index < -0.39 is 0 Å². The highest BCUT2D eigenvalue weighted by molar-refractivity contribution is 7.14. The van der Waals surface area contributed by atoms with E-state index in [1.54, 1.807) is 12.1 Å². The molecule has 0 aliphatic rings. The standard InChI is InChI=1S/C22H21ClN2OS/c1-3-15(2)16-8-10-18(11-9-16)20-14-27-22(24-20)25-21(26)13-12-17-6-4-5-7-19(17)23/h4-15H,3H2,1-2H3,(H,24,25,26). The normalized spacial score (nSPS) is 12.3. The zero-order valence-electron chi connectivity index (χ0n) is 15.3.